The first kappa shape index (κ1) is 13.4. The van der Waals surface area contributed by atoms with Gasteiger partial charge in [0.05, 0.1) is 6.04 Å². The number of rotatable bonds is 4. The van der Waals surface area contributed by atoms with Crippen LogP contribution in [0.15, 0.2) is 48.5 Å². The fourth-order valence-electron chi connectivity index (χ4n) is 1.87. The van der Waals surface area contributed by atoms with E-state index in [9.17, 15) is 13.6 Å². The van der Waals surface area contributed by atoms with Gasteiger partial charge in [0.2, 0.25) is 0 Å². The molecule has 0 unspecified atom stereocenters. The number of benzene rings is 2. The molecule has 1 atom stereocenters. The molecule has 0 heterocycles. The fraction of sp³-hybridized carbons (Fsp3) is 0.133. The van der Waals surface area contributed by atoms with Crippen LogP contribution in [0, 0.1) is 11.6 Å². The monoisotopic (exact) mass is 261 g/mol. The van der Waals surface area contributed by atoms with Crippen LogP contribution in [0.1, 0.15) is 17.2 Å². The normalized spacial score (nSPS) is 12.2. The average Bonchev–Trinajstić information content (AvgIpc) is 2.37. The van der Waals surface area contributed by atoms with E-state index in [0.717, 1.165) is 18.2 Å². The summed E-state index contributed by atoms with van der Waals surface area (Å²) < 4.78 is 26.0. The Labute approximate surface area is 109 Å². The first-order valence-electron chi connectivity index (χ1n) is 5.84. The number of hydrogen-bond acceptors (Lipinski definition) is 2. The Hall–Kier alpha value is -2.07. The van der Waals surface area contributed by atoms with Crippen molar-refractivity contribution < 1.29 is 13.6 Å². The zero-order valence-corrected chi connectivity index (χ0v) is 10.1. The first-order chi connectivity index (χ1) is 9.06. The molecule has 2 aromatic rings. The summed E-state index contributed by atoms with van der Waals surface area (Å²) in [5.74, 6) is -1.68. The molecule has 0 aliphatic carbocycles. The summed E-state index contributed by atoms with van der Waals surface area (Å²) in [4.78, 5) is 12.0. The minimum Gasteiger partial charge on any atom is -0.318 e. The van der Waals surface area contributed by atoms with E-state index in [1.54, 1.807) is 24.3 Å². The van der Waals surface area contributed by atoms with E-state index in [1.165, 1.54) is 0 Å². The molecular weight excluding hydrogens is 248 g/mol. The number of ketones is 1. The lowest BCUT2D eigenvalue weighted by Crippen LogP contribution is -2.23. The molecule has 2 nitrogen and oxygen atoms in total. The predicted molar refractivity (Wildman–Crippen MR) is 68.4 cm³/mol. The molecular formula is C15H13F2NO. The van der Waals surface area contributed by atoms with Crippen LogP contribution in [0.25, 0.3) is 0 Å². The van der Waals surface area contributed by atoms with Crippen LogP contribution in [0.4, 0.5) is 8.78 Å². The van der Waals surface area contributed by atoms with Crippen LogP contribution in [0.5, 0.6) is 0 Å². The van der Waals surface area contributed by atoms with Crippen molar-refractivity contribution in [2.45, 2.75) is 12.5 Å². The molecule has 0 bridgehead atoms. The number of halogens is 2. The van der Waals surface area contributed by atoms with E-state index in [-0.39, 0.29) is 17.8 Å². The largest absolute Gasteiger partial charge is 0.318 e. The van der Waals surface area contributed by atoms with E-state index in [2.05, 4.69) is 0 Å². The Morgan fingerprint density at radius 2 is 1.63 bits per heavy atom. The third-order valence-corrected chi connectivity index (χ3v) is 2.81. The highest BCUT2D eigenvalue weighted by atomic mass is 19.1. The Morgan fingerprint density at radius 1 is 1.05 bits per heavy atom. The highest BCUT2D eigenvalue weighted by Crippen LogP contribution is 2.15. The van der Waals surface area contributed by atoms with Gasteiger partial charge in [-0.05, 0) is 23.3 Å². The predicted octanol–water partition coefficient (Wildman–Crippen LogP) is 2.78. The molecule has 0 aromatic heterocycles. The maximum atomic E-state index is 13.0. The molecule has 0 aliphatic rings. The topological polar surface area (TPSA) is 43.1 Å². The number of carbonyl (C=O) groups is 1. The Bertz CT molecular complexity index is 564. The highest BCUT2D eigenvalue weighted by molar-refractivity contribution is 5.87. The van der Waals surface area contributed by atoms with Crippen LogP contribution >= 0.6 is 0 Å². The van der Waals surface area contributed by atoms with Crippen molar-refractivity contribution in [2.75, 3.05) is 0 Å². The van der Waals surface area contributed by atoms with Gasteiger partial charge in [-0.2, -0.15) is 0 Å². The molecule has 0 fully saturated rings. The number of hydrogen-bond donors (Lipinski definition) is 1. The molecule has 2 N–H and O–H groups in total. The van der Waals surface area contributed by atoms with Crippen LogP contribution in [0.3, 0.4) is 0 Å². The van der Waals surface area contributed by atoms with Crippen molar-refractivity contribution in [1.29, 1.82) is 0 Å². The van der Waals surface area contributed by atoms with Crippen molar-refractivity contribution in [2.24, 2.45) is 5.73 Å². The second-order valence-electron chi connectivity index (χ2n) is 4.31. The Balaban J connectivity index is 2.13. The molecule has 0 spiro atoms. The van der Waals surface area contributed by atoms with Gasteiger partial charge in [0.15, 0.2) is 5.78 Å². The van der Waals surface area contributed by atoms with Crippen molar-refractivity contribution in [1.82, 2.24) is 0 Å². The van der Waals surface area contributed by atoms with E-state index in [1.807, 2.05) is 6.07 Å². The third-order valence-electron chi connectivity index (χ3n) is 2.81. The van der Waals surface area contributed by atoms with Crippen molar-refractivity contribution in [3.63, 3.8) is 0 Å². The van der Waals surface area contributed by atoms with Crippen molar-refractivity contribution in [3.8, 4) is 0 Å². The minimum absolute atomic E-state index is 0.0925. The lowest BCUT2D eigenvalue weighted by atomic mass is 9.98. The zero-order chi connectivity index (χ0) is 13.8. The lowest BCUT2D eigenvalue weighted by molar-refractivity contribution is -0.119. The summed E-state index contributed by atoms with van der Waals surface area (Å²) in [5, 5.41) is 0. The van der Waals surface area contributed by atoms with Gasteiger partial charge in [0.25, 0.3) is 0 Å². The fourth-order valence-corrected chi connectivity index (χ4v) is 1.87. The van der Waals surface area contributed by atoms with E-state index < -0.39 is 17.7 Å². The third kappa shape index (κ3) is 3.45. The van der Waals surface area contributed by atoms with Crippen molar-refractivity contribution >= 4 is 5.78 Å². The van der Waals surface area contributed by atoms with E-state index in [0.29, 0.717) is 5.56 Å². The van der Waals surface area contributed by atoms with Gasteiger partial charge in [-0.1, -0.05) is 30.3 Å². The molecule has 0 saturated carbocycles. The van der Waals surface area contributed by atoms with Gasteiger partial charge in [0.1, 0.15) is 11.6 Å². The summed E-state index contributed by atoms with van der Waals surface area (Å²) >= 11 is 0. The standard InChI is InChI=1S/C15H13F2NO/c16-12-6-10(7-13(17)9-12)8-14(19)15(18)11-4-2-1-3-5-11/h1-7,9,15H,8,18H2/t15-/m1/s1. The number of Topliss-reactive ketones (excluding diaryl/α,β-unsaturated/α-hetero) is 1. The van der Waals surface area contributed by atoms with Gasteiger partial charge in [-0.25, -0.2) is 8.78 Å². The summed E-state index contributed by atoms with van der Waals surface area (Å²) in [6, 6.07) is 11.1. The maximum Gasteiger partial charge on any atom is 0.158 e. The Morgan fingerprint density at radius 3 is 2.21 bits per heavy atom. The van der Waals surface area contributed by atoms with Gasteiger partial charge in [-0.3, -0.25) is 4.79 Å². The van der Waals surface area contributed by atoms with Crippen LogP contribution in [-0.4, -0.2) is 5.78 Å². The van der Waals surface area contributed by atoms with Crippen LogP contribution < -0.4 is 5.73 Å². The van der Waals surface area contributed by atoms with Gasteiger partial charge >= 0.3 is 0 Å². The second-order valence-corrected chi connectivity index (χ2v) is 4.31. The Kier molecular flexibility index (Phi) is 4.02. The molecule has 2 aromatic carbocycles. The number of nitrogens with two attached hydrogens (primary N) is 1. The highest BCUT2D eigenvalue weighted by Gasteiger charge is 2.16. The van der Waals surface area contributed by atoms with Crippen LogP contribution in [0.2, 0.25) is 0 Å². The molecule has 2 rings (SSSR count). The first-order valence-corrected chi connectivity index (χ1v) is 5.84. The van der Waals surface area contributed by atoms with Gasteiger partial charge < -0.3 is 5.73 Å². The summed E-state index contributed by atoms with van der Waals surface area (Å²) in [5.41, 5.74) is 6.80. The quantitative estimate of drug-likeness (QED) is 0.919. The molecule has 0 aliphatic heterocycles. The molecule has 98 valence electrons. The molecule has 0 radical (unpaired) electrons. The smallest absolute Gasteiger partial charge is 0.158 e. The number of carbonyl (C=O) groups excluding carboxylic acids is 1. The van der Waals surface area contributed by atoms with E-state index >= 15 is 0 Å². The van der Waals surface area contributed by atoms with Crippen LogP contribution in [-0.2, 0) is 11.2 Å². The SMILES string of the molecule is N[C@@H](C(=O)Cc1cc(F)cc(F)c1)c1ccccc1. The lowest BCUT2D eigenvalue weighted by Gasteiger charge is -2.11. The minimum atomic E-state index is -0.785. The molecule has 0 amide bonds. The molecule has 4 heteroatoms. The molecule has 0 saturated heterocycles. The van der Waals surface area contributed by atoms with Crippen molar-refractivity contribution in [3.05, 3.63) is 71.3 Å². The average molecular weight is 261 g/mol. The van der Waals surface area contributed by atoms with Gasteiger partial charge in [0, 0.05) is 12.5 Å². The van der Waals surface area contributed by atoms with E-state index in [4.69, 9.17) is 5.73 Å². The summed E-state index contributed by atoms with van der Waals surface area (Å²) in [6.07, 6.45) is -0.0925. The second kappa shape index (κ2) is 5.71. The molecule has 19 heavy (non-hydrogen) atoms. The summed E-state index contributed by atoms with van der Waals surface area (Å²) in [7, 11) is 0. The maximum absolute atomic E-state index is 13.0. The zero-order valence-electron chi connectivity index (χ0n) is 10.1. The van der Waals surface area contributed by atoms with Gasteiger partial charge in [-0.15, -0.1) is 0 Å². The summed E-state index contributed by atoms with van der Waals surface area (Å²) in [6.45, 7) is 0.